The maximum Gasteiger partial charge on any atom is 0.0852 e. The molecule has 1 aliphatic rings. The summed E-state index contributed by atoms with van der Waals surface area (Å²) < 4.78 is 0. The molecule has 0 aromatic heterocycles. The monoisotopic (exact) mass is 154 g/mol. The summed E-state index contributed by atoms with van der Waals surface area (Å²) in [5, 5.41) is 9.34. The Hall–Kier alpha value is -0.830. The first-order chi connectivity index (χ1) is 5.33. The molecule has 3 nitrogen and oxygen atoms in total. The van der Waals surface area contributed by atoms with Gasteiger partial charge in [0.1, 0.15) is 0 Å². The van der Waals surface area contributed by atoms with Gasteiger partial charge < -0.3 is 10.0 Å². The zero-order valence-corrected chi connectivity index (χ0v) is 6.61. The molecule has 0 aliphatic carbocycles. The fourth-order valence-corrected chi connectivity index (χ4v) is 1.09. The molecule has 0 saturated heterocycles. The number of β-amino-alcohol motifs (C(OH)–C–C–N with tert-alkyl or cyclic N) is 1. The molecule has 3 heteroatoms. The van der Waals surface area contributed by atoms with Crippen molar-refractivity contribution in [1.29, 1.82) is 0 Å². The first-order valence-electron chi connectivity index (χ1n) is 3.86. The Labute approximate surface area is 67.0 Å². The lowest BCUT2D eigenvalue weighted by Gasteiger charge is -2.16. The number of aliphatic imine (C=N–C) groups is 1. The first-order valence-corrected chi connectivity index (χ1v) is 3.86. The molecule has 0 fully saturated rings. The van der Waals surface area contributed by atoms with E-state index in [-0.39, 0.29) is 6.10 Å². The summed E-state index contributed by atoms with van der Waals surface area (Å²) >= 11 is 0. The number of aliphatic hydroxyl groups excluding tert-OH is 1. The molecule has 0 spiro atoms. The molecule has 62 valence electrons. The van der Waals surface area contributed by atoms with E-state index in [2.05, 4.69) is 11.6 Å². The van der Waals surface area contributed by atoms with E-state index < -0.39 is 0 Å². The van der Waals surface area contributed by atoms with Crippen molar-refractivity contribution < 1.29 is 5.11 Å². The van der Waals surface area contributed by atoms with Crippen LogP contribution >= 0.6 is 0 Å². The highest BCUT2D eigenvalue weighted by Gasteiger charge is 2.09. The Morgan fingerprint density at radius 2 is 2.64 bits per heavy atom. The topological polar surface area (TPSA) is 35.8 Å². The SMILES string of the molecule is C=CCC(O)CN1C=NCC1. The normalized spacial score (nSPS) is 18.8. The van der Waals surface area contributed by atoms with Crippen molar-refractivity contribution in [3.05, 3.63) is 12.7 Å². The quantitative estimate of drug-likeness (QED) is 0.590. The zero-order chi connectivity index (χ0) is 8.10. The van der Waals surface area contributed by atoms with Crippen LogP contribution in [0.3, 0.4) is 0 Å². The zero-order valence-electron chi connectivity index (χ0n) is 6.61. The van der Waals surface area contributed by atoms with Crippen LogP contribution in [0.25, 0.3) is 0 Å². The van der Waals surface area contributed by atoms with Crippen LogP contribution in [0.5, 0.6) is 0 Å². The smallest absolute Gasteiger partial charge is 0.0852 e. The Morgan fingerprint density at radius 1 is 1.82 bits per heavy atom. The highest BCUT2D eigenvalue weighted by molar-refractivity contribution is 5.57. The molecule has 0 aromatic rings. The van der Waals surface area contributed by atoms with Gasteiger partial charge in [0.25, 0.3) is 0 Å². The average molecular weight is 154 g/mol. The standard InChI is InChI=1S/C8H14N2O/c1-2-3-8(11)6-10-5-4-9-7-10/h2,7-8,11H,1,3-6H2. The molecule has 0 radical (unpaired) electrons. The minimum atomic E-state index is -0.294. The van der Waals surface area contributed by atoms with Crippen molar-refractivity contribution in [3.63, 3.8) is 0 Å². The molecule has 11 heavy (non-hydrogen) atoms. The van der Waals surface area contributed by atoms with E-state index >= 15 is 0 Å². The molecular formula is C8H14N2O. The summed E-state index contributed by atoms with van der Waals surface area (Å²) in [7, 11) is 0. The van der Waals surface area contributed by atoms with Gasteiger partial charge in [-0.1, -0.05) is 6.08 Å². The number of hydrogen-bond donors (Lipinski definition) is 1. The van der Waals surface area contributed by atoms with E-state index in [4.69, 9.17) is 0 Å². The van der Waals surface area contributed by atoms with Crippen molar-refractivity contribution in [3.8, 4) is 0 Å². The van der Waals surface area contributed by atoms with Crippen LogP contribution in [-0.2, 0) is 0 Å². The molecule has 1 atom stereocenters. The van der Waals surface area contributed by atoms with Gasteiger partial charge in [-0.05, 0) is 6.42 Å². The highest BCUT2D eigenvalue weighted by atomic mass is 16.3. The van der Waals surface area contributed by atoms with Crippen LogP contribution in [0.1, 0.15) is 6.42 Å². The van der Waals surface area contributed by atoms with Gasteiger partial charge in [0.15, 0.2) is 0 Å². The second kappa shape index (κ2) is 4.13. The van der Waals surface area contributed by atoms with Crippen LogP contribution in [0, 0.1) is 0 Å². The maximum atomic E-state index is 9.34. The summed E-state index contributed by atoms with van der Waals surface area (Å²) in [6, 6.07) is 0. The highest BCUT2D eigenvalue weighted by Crippen LogP contribution is 1.98. The van der Waals surface area contributed by atoms with Gasteiger partial charge >= 0.3 is 0 Å². The van der Waals surface area contributed by atoms with Crippen LogP contribution in [0.2, 0.25) is 0 Å². The molecule has 0 saturated carbocycles. The lowest BCUT2D eigenvalue weighted by molar-refractivity contribution is 0.150. The van der Waals surface area contributed by atoms with Crippen LogP contribution in [0.4, 0.5) is 0 Å². The summed E-state index contributed by atoms with van der Waals surface area (Å²) in [6.07, 6.45) is 3.89. The molecule has 1 unspecified atom stereocenters. The molecule has 1 aliphatic heterocycles. The van der Waals surface area contributed by atoms with Gasteiger partial charge in [-0.3, -0.25) is 4.99 Å². The van der Waals surface area contributed by atoms with E-state index in [1.54, 1.807) is 12.4 Å². The minimum Gasteiger partial charge on any atom is -0.391 e. The van der Waals surface area contributed by atoms with Gasteiger partial charge in [-0.25, -0.2) is 0 Å². The number of hydrogen-bond acceptors (Lipinski definition) is 3. The first kappa shape index (κ1) is 8.27. The Morgan fingerprint density at radius 3 is 3.18 bits per heavy atom. The molecule has 0 aromatic carbocycles. The van der Waals surface area contributed by atoms with E-state index in [1.165, 1.54) is 0 Å². The van der Waals surface area contributed by atoms with Crippen molar-refractivity contribution in [1.82, 2.24) is 4.90 Å². The largest absolute Gasteiger partial charge is 0.391 e. The number of rotatable bonds is 4. The van der Waals surface area contributed by atoms with Gasteiger partial charge in [-0.15, -0.1) is 6.58 Å². The molecule has 1 heterocycles. The predicted octanol–water partition coefficient (Wildman–Crippen LogP) is 0.267. The third-order valence-electron chi connectivity index (χ3n) is 1.65. The van der Waals surface area contributed by atoms with Crippen molar-refractivity contribution in [2.45, 2.75) is 12.5 Å². The lowest BCUT2D eigenvalue weighted by atomic mass is 10.2. The van der Waals surface area contributed by atoms with Gasteiger partial charge in [0.2, 0.25) is 0 Å². The predicted molar refractivity (Wildman–Crippen MR) is 45.8 cm³/mol. The third kappa shape index (κ3) is 2.72. The molecule has 0 amide bonds. The number of aliphatic hydroxyl groups is 1. The van der Waals surface area contributed by atoms with E-state index in [1.807, 2.05) is 4.90 Å². The molecule has 1 N–H and O–H groups in total. The Kier molecular flexibility index (Phi) is 3.11. The average Bonchev–Trinajstić information content (AvgIpc) is 2.40. The lowest BCUT2D eigenvalue weighted by Crippen LogP contribution is -2.29. The molecule has 1 rings (SSSR count). The van der Waals surface area contributed by atoms with Crippen molar-refractivity contribution >= 4 is 6.34 Å². The van der Waals surface area contributed by atoms with Gasteiger partial charge in [-0.2, -0.15) is 0 Å². The van der Waals surface area contributed by atoms with Crippen LogP contribution < -0.4 is 0 Å². The van der Waals surface area contributed by atoms with E-state index in [9.17, 15) is 5.11 Å². The third-order valence-corrected chi connectivity index (χ3v) is 1.65. The van der Waals surface area contributed by atoms with E-state index in [0.717, 1.165) is 13.1 Å². The fraction of sp³-hybridized carbons (Fsp3) is 0.625. The maximum absolute atomic E-state index is 9.34. The van der Waals surface area contributed by atoms with Crippen LogP contribution in [-0.4, -0.2) is 42.1 Å². The minimum absolute atomic E-state index is 0.294. The summed E-state index contributed by atoms with van der Waals surface area (Å²) in [5.41, 5.74) is 0. The second-order valence-electron chi connectivity index (χ2n) is 2.69. The number of nitrogens with zero attached hydrogens (tertiary/aromatic N) is 2. The van der Waals surface area contributed by atoms with E-state index in [0.29, 0.717) is 13.0 Å². The fourth-order valence-electron chi connectivity index (χ4n) is 1.09. The molecule has 0 bridgehead atoms. The summed E-state index contributed by atoms with van der Waals surface area (Å²) in [5.74, 6) is 0. The molecular weight excluding hydrogens is 140 g/mol. The Bertz CT molecular complexity index is 156. The van der Waals surface area contributed by atoms with Gasteiger partial charge in [0, 0.05) is 13.1 Å². The van der Waals surface area contributed by atoms with Crippen molar-refractivity contribution in [2.75, 3.05) is 19.6 Å². The Balaban J connectivity index is 2.18. The second-order valence-corrected chi connectivity index (χ2v) is 2.69. The summed E-state index contributed by atoms with van der Waals surface area (Å²) in [6.45, 7) is 6.04. The summed E-state index contributed by atoms with van der Waals surface area (Å²) in [4.78, 5) is 6.06. The van der Waals surface area contributed by atoms with Gasteiger partial charge in [0.05, 0.1) is 19.0 Å². The van der Waals surface area contributed by atoms with Crippen molar-refractivity contribution in [2.24, 2.45) is 4.99 Å². The van der Waals surface area contributed by atoms with Crippen LogP contribution in [0.15, 0.2) is 17.6 Å².